The van der Waals surface area contributed by atoms with Crippen LogP contribution < -0.4 is 0 Å². The molecule has 1 heterocycles. The monoisotopic (exact) mass is 212 g/mol. The van der Waals surface area contributed by atoms with Crippen molar-refractivity contribution in [3.8, 4) is 0 Å². The fourth-order valence-electron chi connectivity index (χ4n) is 1.46. The standard InChI is InChI=1S/C10H16N2O3/c1-5-15-9(13)10(3,14)8-6-12(4)11-7(8)2/h6,14H,5H2,1-4H3. The van der Waals surface area contributed by atoms with E-state index in [0.29, 0.717) is 11.3 Å². The van der Waals surface area contributed by atoms with Gasteiger partial charge in [0.1, 0.15) is 0 Å². The number of ether oxygens (including phenoxy) is 1. The van der Waals surface area contributed by atoms with Crippen molar-refractivity contribution in [2.24, 2.45) is 7.05 Å². The van der Waals surface area contributed by atoms with Gasteiger partial charge in [-0.05, 0) is 20.8 Å². The second-order valence-corrected chi connectivity index (χ2v) is 3.59. The van der Waals surface area contributed by atoms with Crippen LogP contribution in [0.5, 0.6) is 0 Å². The number of rotatable bonds is 3. The molecular weight excluding hydrogens is 196 g/mol. The van der Waals surface area contributed by atoms with E-state index in [1.807, 2.05) is 0 Å². The molecule has 1 atom stereocenters. The molecule has 0 spiro atoms. The van der Waals surface area contributed by atoms with Gasteiger partial charge in [0.05, 0.1) is 12.3 Å². The third-order valence-electron chi connectivity index (χ3n) is 2.21. The van der Waals surface area contributed by atoms with E-state index < -0.39 is 11.6 Å². The lowest BCUT2D eigenvalue weighted by molar-refractivity contribution is -0.164. The van der Waals surface area contributed by atoms with Crippen LogP contribution in [0.25, 0.3) is 0 Å². The van der Waals surface area contributed by atoms with Crippen LogP contribution >= 0.6 is 0 Å². The van der Waals surface area contributed by atoms with Gasteiger partial charge in [-0.3, -0.25) is 4.68 Å². The van der Waals surface area contributed by atoms with Crippen LogP contribution in [0.2, 0.25) is 0 Å². The Morgan fingerprint density at radius 2 is 2.33 bits per heavy atom. The fraction of sp³-hybridized carbons (Fsp3) is 0.600. The smallest absolute Gasteiger partial charge is 0.342 e. The summed E-state index contributed by atoms with van der Waals surface area (Å²) >= 11 is 0. The lowest BCUT2D eigenvalue weighted by Gasteiger charge is -2.20. The van der Waals surface area contributed by atoms with Crippen molar-refractivity contribution < 1.29 is 14.6 Å². The molecule has 1 unspecified atom stereocenters. The molecule has 5 heteroatoms. The van der Waals surface area contributed by atoms with Crippen LogP contribution in [-0.4, -0.2) is 27.5 Å². The van der Waals surface area contributed by atoms with Gasteiger partial charge in [0.2, 0.25) is 0 Å². The highest BCUT2D eigenvalue weighted by molar-refractivity contribution is 5.80. The SMILES string of the molecule is CCOC(=O)C(C)(O)c1cn(C)nc1C. The first-order valence-electron chi connectivity index (χ1n) is 4.80. The first kappa shape index (κ1) is 11.7. The number of aliphatic hydroxyl groups is 1. The summed E-state index contributed by atoms with van der Waals surface area (Å²) in [6.45, 7) is 5.09. The first-order valence-corrected chi connectivity index (χ1v) is 4.80. The van der Waals surface area contributed by atoms with Crippen molar-refractivity contribution in [3.63, 3.8) is 0 Å². The lowest BCUT2D eigenvalue weighted by atomic mass is 9.97. The summed E-state index contributed by atoms with van der Waals surface area (Å²) in [6.07, 6.45) is 1.62. The zero-order valence-electron chi connectivity index (χ0n) is 9.44. The van der Waals surface area contributed by atoms with E-state index in [1.165, 1.54) is 6.92 Å². The molecule has 84 valence electrons. The van der Waals surface area contributed by atoms with Gasteiger partial charge in [-0.15, -0.1) is 0 Å². The molecule has 0 aliphatic carbocycles. The molecule has 0 fully saturated rings. The zero-order valence-corrected chi connectivity index (χ0v) is 9.44. The van der Waals surface area contributed by atoms with Gasteiger partial charge in [0, 0.05) is 18.8 Å². The second kappa shape index (κ2) is 4.02. The van der Waals surface area contributed by atoms with Crippen molar-refractivity contribution >= 4 is 5.97 Å². The topological polar surface area (TPSA) is 64.3 Å². The van der Waals surface area contributed by atoms with E-state index in [9.17, 15) is 9.90 Å². The Hall–Kier alpha value is -1.36. The van der Waals surface area contributed by atoms with Crippen LogP contribution in [-0.2, 0) is 22.2 Å². The molecule has 0 saturated carbocycles. The Bertz CT molecular complexity index is 369. The molecule has 15 heavy (non-hydrogen) atoms. The van der Waals surface area contributed by atoms with Crippen molar-refractivity contribution in [2.75, 3.05) is 6.61 Å². The van der Waals surface area contributed by atoms with Crippen LogP contribution in [0.4, 0.5) is 0 Å². The Morgan fingerprint density at radius 3 is 2.73 bits per heavy atom. The van der Waals surface area contributed by atoms with Gasteiger partial charge in [-0.25, -0.2) is 4.79 Å². The summed E-state index contributed by atoms with van der Waals surface area (Å²) in [5.74, 6) is -0.652. The Balaban J connectivity index is 3.04. The van der Waals surface area contributed by atoms with Crippen molar-refractivity contribution in [2.45, 2.75) is 26.4 Å². The van der Waals surface area contributed by atoms with E-state index in [0.717, 1.165) is 0 Å². The van der Waals surface area contributed by atoms with Crippen molar-refractivity contribution in [3.05, 3.63) is 17.5 Å². The van der Waals surface area contributed by atoms with E-state index in [2.05, 4.69) is 5.10 Å². The molecule has 0 radical (unpaired) electrons. The van der Waals surface area contributed by atoms with Crippen molar-refractivity contribution in [1.29, 1.82) is 0 Å². The fourth-order valence-corrected chi connectivity index (χ4v) is 1.46. The van der Waals surface area contributed by atoms with E-state index in [4.69, 9.17) is 4.74 Å². The number of hydrogen-bond donors (Lipinski definition) is 1. The number of aromatic nitrogens is 2. The highest BCUT2D eigenvalue weighted by atomic mass is 16.5. The van der Waals surface area contributed by atoms with Gasteiger partial charge < -0.3 is 9.84 Å². The summed E-state index contributed by atoms with van der Waals surface area (Å²) in [5, 5.41) is 14.1. The molecule has 0 bridgehead atoms. The van der Waals surface area contributed by atoms with Gasteiger partial charge in [-0.1, -0.05) is 0 Å². The Labute approximate surface area is 88.7 Å². The van der Waals surface area contributed by atoms with E-state index in [1.54, 1.807) is 31.8 Å². The largest absolute Gasteiger partial charge is 0.464 e. The normalized spacial score (nSPS) is 14.7. The van der Waals surface area contributed by atoms with Gasteiger partial charge in [0.25, 0.3) is 0 Å². The average Bonchev–Trinajstić information content (AvgIpc) is 2.46. The van der Waals surface area contributed by atoms with Crippen molar-refractivity contribution in [1.82, 2.24) is 9.78 Å². The molecule has 5 nitrogen and oxygen atoms in total. The summed E-state index contributed by atoms with van der Waals surface area (Å²) in [6, 6.07) is 0. The summed E-state index contributed by atoms with van der Waals surface area (Å²) in [4.78, 5) is 11.5. The van der Waals surface area contributed by atoms with Gasteiger partial charge >= 0.3 is 5.97 Å². The van der Waals surface area contributed by atoms with Gasteiger partial charge in [0.15, 0.2) is 5.60 Å². The maximum Gasteiger partial charge on any atom is 0.342 e. The minimum Gasteiger partial charge on any atom is -0.464 e. The number of aryl methyl sites for hydroxylation is 2. The van der Waals surface area contributed by atoms with Gasteiger partial charge in [-0.2, -0.15) is 5.10 Å². The summed E-state index contributed by atoms with van der Waals surface area (Å²) in [5.41, 5.74) is -0.534. The second-order valence-electron chi connectivity index (χ2n) is 3.59. The highest BCUT2D eigenvalue weighted by Crippen LogP contribution is 2.24. The van der Waals surface area contributed by atoms with E-state index >= 15 is 0 Å². The van der Waals surface area contributed by atoms with Crippen LogP contribution in [0.3, 0.4) is 0 Å². The Morgan fingerprint density at radius 1 is 1.73 bits per heavy atom. The molecular formula is C10H16N2O3. The number of esters is 1. The number of carbonyl (C=O) groups is 1. The maximum atomic E-state index is 11.5. The maximum absolute atomic E-state index is 11.5. The molecule has 0 aliphatic rings. The third-order valence-corrected chi connectivity index (χ3v) is 2.21. The summed E-state index contributed by atoms with van der Waals surface area (Å²) in [7, 11) is 1.73. The molecule has 1 aromatic heterocycles. The number of carbonyl (C=O) groups excluding carboxylic acids is 1. The average molecular weight is 212 g/mol. The molecule has 0 saturated heterocycles. The third kappa shape index (κ3) is 2.18. The minimum absolute atomic E-state index is 0.244. The van der Waals surface area contributed by atoms with Crippen LogP contribution in [0.1, 0.15) is 25.1 Å². The van der Waals surface area contributed by atoms with Crippen LogP contribution in [0.15, 0.2) is 6.20 Å². The first-order chi connectivity index (χ1) is 6.89. The molecule has 1 aromatic rings. The molecule has 1 N–H and O–H groups in total. The zero-order chi connectivity index (χ0) is 11.6. The Kier molecular flexibility index (Phi) is 3.14. The van der Waals surface area contributed by atoms with E-state index in [-0.39, 0.29) is 6.61 Å². The molecule has 0 aliphatic heterocycles. The number of hydrogen-bond acceptors (Lipinski definition) is 4. The minimum atomic E-state index is -1.63. The molecule has 0 aromatic carbocycles. The quantitative estimate of drug-likeness (QED) is 0.741. The van der Waals surface area contributed by atoms with Crippen LogP contribution in [0, 0.1) is 6.92 Å². The lowest BCUT2D eigenvalue weighted by Crippen LogP contribution is -2.34. The predicted octanol–water partition coefficient (Wildman–Crippen LogP) is 0.499. The predicted molar refractivity (Wildman–Crippen MR) is 54.1 cm³/mol. The highest BCUT2D eigenvalue weighted by Gasteiger charge is 2.36. The molecule has 1 rings (SSSR count). The molecule has 0 amide bonds. The summed E-state index contributed by atoms with van der Waals surface area (Å²) < 4.78 is 6.35. The number of nitrogens with zero attached hydrogens (tertiary/aromatic N) is 2.